The molecule has 0 atom stereocenters. The molecule has 36 heavy (non-hydrogen) atoms. The zero-order valence-electron chi connectivity index (χ0n) is 19.7. The smallest absolute Gasteiger partial charge is 0.250 e. The number of hydrogen-bond acceptors (Lipinski definition) is 7. The van der Waals surface area contributed by atoms with Gasteiger partial charge in [-0.05, 0) is 67.1 Å². The van der Waals surface area contributed by atoms with Crippen LogP contribution in [-0.2, 0) is 4.79 Å². The van der Waals surface area contributed by atoms with Gasteiger partial charge in [0.1, 0.15) is 0 Å². The third kappa shape index (κ3) is 6.24. The maximum atomic E-state index is 12.5. The van der Waals surface area contributed by atoms with Crippen LogP contribution in [0.15, 0.2) is 83.1 Å². The third-order valence-corrected chi connectivity index (χ3v) is 6.15. The van der Waals surface area contributed by atoms with Gasteiger partial charge in [0.15, 0.2) is 22.5 Å². The quantitative estimate of drug-likeness (QED) is 0.174. The molecule has 8 nitrogen and oxygen atoms in total. The highest BCUT2D eigenvalue weighted by atomic mass is 35.5. The lowest BCUT2D eigenvalue weighted by atomic mass is 10.2. The standard InChI is InChI=1S/C26H24ClN5O3S/c1-3-35-22-14-9-18(15-23(22)34-2)16-28-29-24(33)17-36-26-31-30-25(19-10-12-20(27)13-11-19)32(26)21-7-5-4-6-8-21/h4-16H,3,17H2,1-2H3,(H,29,33)/b28-16+. The number of amides is 1. The fraction of sp³-hybridized carbons (Fsp3) is 0.154. The van der Waals surface area contributed by atoms with Crippen molar-refractivity contribution in [2.75, 3.05) is 19.5 Å². The van der Waals surface area contributed by atoms with Gasteiger partial charge in [-0.15, -0.1) is 10.2 Å². The van der Waals surface area contributed by atoms with E-state index in [1.165, 1.54) is 11.8 Å². The molecule has 1 heterocycles. The number of carbonyl (C=O) groups excluding carboxylic acids is 1. The molecule has 1 N–H and O–H groups in total. The number of thioether (sulfide) groups is 1. The Morgan fingerprint density at radius 1 is 1.08 bits per heavy atom. The summed E-state index contributed by atoms with van der Waals surface area (Å²) in [4.78, 5) is 12.5. The second kappa shape index (κ2) is 12.2. The van der Waals surface area contributed by atoms with Crippen molar-refractivity contribution in [1.29, 1.82) is 0 Å². The van der Waals surface area contributed by atoms with E-state index in [1.54, 1.807) is 37.6 Å². The van der Waals surface area contributed by atoms with Gasteiger partial charge in [0.2, 0.25) is 0 Å². The SMILES string of the molecule is CCOc1ccc(/C=N/NC(=O)CSc2nnc(-c3ccc(Cl)cc3)n2-c2ccccc2)cc1OC. The Kier molecular flexibility index (Phi) is 8.59. The number of nitrogens with one attached hydrogen (secondary N) is 1. The Morgan fingerprint density at radius 2 is 1.86 bits per heavy atom. The number of rotatable bonds is 10. The first kappa shape index (κ1) is 25.3. The molecular formula is C26H24ClN5O3S. The minimum absolute atomic E-state index is 0.107. The summed E-state index contributed by atoms with van der Waals surface area (Å²) >= 11 is 7.32. The molecule has 1 amide bonds. The van der Waals surface area contributed by atoms with E-state index in [0.717, 1.165) is 16.8 Å². The summed E-state index contributed by atoms with van der Waals surface area (Å²) in [5, 5.41) is 14.0. The number of nitrogens with zero attached hydrogens (tertiary/aromatic N) is 4. The normalized spacial score (nSPS) is 11.0. The van der Waals surface area contributed by atoms with E-state index < -0.39 is 0 Å². The number of hydrogen-bond donors (Lipinski definition) is 1. The number of aromatic nitrogens is 3. The van der Waals surface area contributed by atoms with Crippen molar-refractivity contribution in [3.05, 3.63) is 83.4 Å². The summed E-state index contributed by atoms with van der Waals surface area (Å²) in [5.41, 5.74) is 5.06. The molecule has 0 bridgehead atoms. The lowest BCUT2D eigenvalue weighted by Crippen LogP contribution is -2.20. The average Bonchev–Trinajstić information content (AvgIpc) is 3.33. The molecule has 0 spiro atoms. The second-order valence-electron chi connectivity index (χ2n) is 7.41. The van der Waals surface area contributed by atoms with Gasteiger partial charge in [-0.2, -0.15) is 5.10 Å². The molecule has 10 heteroatoms. The first-order valence-corrected chi connectivity index (χ1v) is 12.5. The van der Waals surface area contributed by atoms with E-state index >= 15 is 0 Å². The fourth-order valence-electron chi connectivity index (χ4n) is 3.34. The zero-order chi connectivity index (χ0) is 25.3. The lowest BCUT2D eigenvalue weighted by Gasteiger charge is -2.10. The number of para-hydroxylation sites is 1. The number of halogens is 1. The molecule has 4 aromatic rings. The van der Waals surface area contributed by atoms with E-state index in [-0.39, 0.29) is 11.7 Å². The van der Waals surface area contributed by atoms with Crippen LogP contribution < -0.4 is 14.9 Å². The molecule has 0 aliphatic heterocycles. The van der Waals surface area contributed by atoms with Crippen LogP contribution in [0.1, 0.15) is 12.5 Å². The Hall–Kier alpha value is -3.82. The number of ether oxygens (including phenoxy) is 2. The predicted octanol–water partition coefficient (Wildman–Crippen LogP) is 5.24. The van der Waals surface area contributed by atoms with Gasteiger partial charge in [0, 0.05) is 16.3 Å². The van der Waals surface area contributed by atoms with Gasteiger partial charge in [-0.3, -0.25) is 9.36 Å². The first-order chi connectivity index (χ1) is 17.6. The molecular weight excluding hydrogens is 498 g/mol. The molecule has 0 saturated carbocycles. The summed E-state index contributed by atoms with van der Waals surface area (Å²) in [7, 11) is 1.57. The van der Waals surface area contributed by atoms with Crippen molar-refractivity contribution in [3.63, 3.8) is 0 Å². The van der Waals surface area contributed by atoms with E-state index in [1.807, 2.05) is 60.0 Å². The van der Waals surface area contributed by atoms with Crippen molar-refractivity contribution in [1.82, 2.24) is 20.2 Å². The van der Waals surface area contributed by atoms with Crippen molar-refractivity contribution in [3.8, 4) is 28.6 Å². The van der Waals surface area contributed by atoms with E-state index in [2.05, 4.69) is 20.7 Å². The van der Waals surface area contributed by atoms with Crippen LogP contribution in [0.5, 0.6) is 11.5 Å². The van der Waals surface area contributed by atoms with Crippen molar-refractivity contribution in [2.24, 2.45) is 5.10 Å². The van der Waals surface area contributed by atoms with Gasteiger partial charge in [-0.25, -0.2) is 5.43 Å². The Labute approximate surface area is 218 Å². The van der Waals surface area contributed by atoms with Crippen LogP contribution in [0.2, 0.25) is 5.02 Å². The van der Waals surface area contributed by atoms with Crippen LogP contribution in [0.4, 0.5) is 0 Å². The summed E-state index contributed by atoms with van der Waals surface area (Å²) in [6.45, 7) is 2.44. The molecule has 0 aliphatic carbocycles. The van der Waals surface area contributed by atoms with Crippen LogP contribution in [0, 0.1) is 0 Å². The van der Waals surface area contributed by atoms with Gasteiger partial charge in [-0.1, -0.05) is 41.6 Å². The van der Waals surface area contributed by atoms with E-state index in [9.17, 15) is 4.79 Å². The van der Waals surface area contributed by atoms with Gasteiger partial charge in [0.25, 0.3) is 5.91 Å². The third-order valence-electron chi connectivity index (χ3n) is 4.97. The Bertz CT molecular complexity index is 1340. The molecule has 4 rings (SSSR count). The minimum Gasteiger partial charge on any atom is -0.493 e. The Morgan fingerprint density at radius 3 is 2.58 bits per heavy atom. The summed E-state index contributed by atoms with van der Waals surface area (Å²) in [5.74, 6) is 1.74. The molecule has 184 valence electrons. The maximum absolute atomic E-state index is 12.5. The van der Waals surface area contributed by atoms with E-state index in [4.69, 9.17) is 21.1 Å². The largest absolute Gasteiger partial charge is 0.493 e. The number of benzene rings is 3. The first-order valence-electron chi connectivity index (χ1n) is 11.1. The van der Waals surface area contributed by atoms with Crippen molar-refractivity contribution in [2.45, 2.75) is 12.1 Å². The highest BCUT2D eigenvalue weighted by Gasteiger charge is 2.17. The highest BCUT2D eigenvalue weighted by molar-refractivity contribution is 7.99. The Balaban J connectivity index is 1.45. The van der Waals surface area contributed by atoms with Crippen LogP contribution in [0.25, 0.3) is 17.1 Å². The predicted molar refractivity (Wildman–Crippen MR) is 142 cm³/mol. The van der Waals surface area contributed by atoms with E-state index in [0.29, 0.717) is 34.1 Å². The van der Waals surface area contributed by atoms with Crippen molar-refractivity contribution < 1.29 is 14.3 Å². The van der Waals surface area contributed by atoms with Crippen LogP contribution >= 0.6 is 23.4 Å². The van der Waals surface area contributed by atoms with Crippen molar-refractivity contribution >= 4 is 35.5 Å². The highest BCUT2D eigenvalue weighted by Crippen LogP contribution is 2.29. The molecule has 0 radical (unpaired) electrons. The lowest BCUT2D eigenvalue weighted by molar-refractivity contribution is -0.118. The van der Waals surface area contributed by atoms with Crippen LogP contribution in [0.3, 0.4) is 0 Å². The molecule has 0 aliphatic rings. The molecule has 0 unspecified atom stereocenters. The van der Waals surface area contributed by atoms with Gasteiger partial charge < -0.3 is 9.47 Å². The molecule has 3 aromatic carbocycles. The minimum atomic E-state index is -0.273. The monoisotopic (exact) mass is 521 g/mol. The number of carbonyl (C=O) groups is 1. The maximum Gasteiger partial charge on any atom is 0.250 e. The topological polar surface area (TPSA) is 90.6 Å². The molecule has 0 fully saturated rings. The fourth-order valence-corrected chi connectivity index (χ4v) is 4.21. The average molecular weight is 522 g/mol. The second-order valence-corrected chi connectivity index (χ2v) is 8.79. The zero-order valence-corrected chi connectivity index (χ0v) is 21.3. The molecule has 1 aromatic heterocycles. The number of methoxy groups -OCH3 is 1. The summed E-state index contributed by atoms with van der Waals surface area (Å²) < 4.78 is 12.8. The number of hydrazone groups is 1. The summed E-state index contributed by atoms with van der Waals surface area (Å²) in [6, 6.07) is 22.5. The molecule has 0 saturated heterocycles. The summed E-state index contributed by atoms with van der Waals surface area (Å²) in [6.07, 6.45) is 1.55. The van der Waals surface area contributed by atoms with Crippen LogP contribution in [-0.4, -0.2) is 46.4 Å². The van der Waals surface area contributed by atoms with Gasteiger partial charge in [0.05, 0.1) is 25.7 Å². The van der Waals surface area contributed by atoms with Gasteiger partial charge >= 0.3 is 0 Å².